The van der Waals surface area contributed by atoms with Crippen LogP contribution in [0.3, 0.4) is 0 Å². The highest BCUT2D eigenvalue weighted by molar-refractivity contribution is 5.70. The molecule has 184 valence electrons. The lowest BCUT2D eigenvalue weighted by Gasteiger charge is -2.21. The molecule has 0 aliphatic heterocycles. The van der Waals surface area contributed by atoms with Gasteiger partial charge in [-0.2, -0.15) is 0 Å². The van der Waals surface area contributed by atoms with Crippen LogP contribution in [0.2, 0.25) is 0 Å². The number of carbonyl (C=O) groups excluding carboxylic acids is 2. The first kappa shape index (κ1) is 29.9. The fourth-order valence-electron chi connectivity index (χ4n) is 3.39. The van der Waals surface area contributed by atoms with Gasteiger partial charge in [-0.05, 0) is 64.7 Å². The molecule has 0 amide bonds. The number of unbranched alkanes of at least 4 members (excludes halogenated alkanes) is 4. The van der Waals surface area contributed by atoms with E-state index in [1.807, 2.05) is 0 Å². The molecule has 0 aliphatic carbocycles. The van der Waals surface area contributed by atoms with E-state index < -0.39 is 0 Å². The van der Waals surface area contributed by atoms with Crippen LogP contribution >= 0.6 is 0 Å². The van der Waals surface area contributed by atoms with E-state index in [-0.39, 0.29) is 11.9 Å². The number of hydrogen-bond donors (Lipinski definition) is 0. The Hall–Kier alpha value is -1.14. The lowest BCUT2D eigenvalue weighted by molar-refractivity contribution is -0.146. The van der Waals surface area contributed by atoms with Gasteiger partial charge < -0.3 is 9.47 Å². The van der Waals surface area contributed by atoms with Gasteiger partial charge >= 0.3 is 11.9 Å². The van der Waals surface area contributed by atoms with E-state index >= 15 is 0 Å². The van der Waals surface area contributed by atoms with E-state index in [9.17, 15) is 9.59 Å². The third-order valence-electron chi connectivity index (χ3n) is 5.38. The summed E-state index contributed by atoms with van der Waals surface area (Å²) >= 11 is 0. The van der Waals surface area contributed by atoms with Crippen LogP contribution in [0.4, 0.5) is 0 Å². The molecule has 0 saturated carbocycles. The van der Waals surface area contributed by atoms with Gasteiger partial charge in [0.1, 0.15) is 13.2 Å². The van der Waals surface area contributed by atoms with Gasteiger partial charge in [0.15, 0.2) is 0 Å². The van der Waals surface area contributed by atoms with Gasteiger partial charge in [-0.15, -0.1) is 0 Å². The molecule has 31 heavy (non-hydrogen) atoms. The number of hydrogen-bond acceptors (Lipinski definition) is 6. The first-order valence-corrected chi connectivity index (χ1v) is 12.8. The Morgan fingerprint density at radius 2 is 0.903 bits per heavy atom. The summed E-state index contributed by atoms with van der Waals surface area (Å²) in [6.07, 6.45) is 10.3. The Balaban J connectivity index is 3.80. The first-order valence-electron chi connectivity index (χ1n) is 12.8. The van der Waals surface area contributed by atoms with E-state index in [2.05, 4.69) is 37.5 Å². The van der Waals surface area contributed by atoms with Gasteiger partial charge in [-0.1, -0.05) is 47.0 Å². The van der Waals surface area contributed by atoms with Crippen LogP contribution in [-0.4, -0.2) is 74.2 Å². The average Bonchev–Trinajstić information content (AvgIpc) is 2.76. The van der Waals surface area contributed by atoms with E-state index in [4.69, 9.17) is 9.47 Å². The van der Waals surface area contributed by atoms with Gasteiger partial charge in [0, 0.05) is 25.9 Å². The summed E-state index contributed by atoms with van der Waals surface area (Å²) in [5.41, 5.74) is 0. The predicted molar refractivity (Wildman–Crippen MR) is 128 cm³/mol. The standard InChI is InChI=1S/C25H50N2O4/c1-5-9-17-26(16-8-4)20-22-30-24(28)14-12-13-15-25(29)31-23-21-27(18-10-6-2)19-11-7-3/h5-23H2,1-4H3. The van der Waals surface area contributed by atoms with Crippen molar-refractivity contribution in [1.82, 2.24) is 9.80 Å². The SMILES string of the molecule is CCCCN(CCC)CCOC(=O)CCCCC(=O)OCCN(CCCC)CCCC. The highest BCUT2D eigenvalue weighted by Crippen LogP contribution is 2.05. The average molecular weight is 443 g/mol. The number of esters is 2. The fraction of sp³-hybridized carbons (Fsp3) is 0.920. The van der Waals surface area contributed by atoms with Crippen molar-refractivity contribution in [2.75, 3.05) is 52.5 Å². The summed E-state index contributed by atoms with van der Waals surface area (Å²) in [4.78, 5) is 28.6. The van der Waals surface area contributed by atoms with Crippen molar-refractivity contribution in [3.8, 4) is 0 Å². The van der Waals surface area contributed by atoms with Crippen molar-refractivity contribution in [2.45, 2.75) is 98.3 Å². The highest BCUT2D eigenvalue weighted by Gasteiger charge is 2.09. The maximum atomic E-state index is 11.9. The summed E-state index contributed by atoms with van der Waals surface area (Å²) in [5, 5.41) is 0. The molecule has 6 nitrogen and oxygen atoms in total. The van der Waals surface area contributed by atoms with Crippen LogP contribution in [0.15, 0.2) is 0 Å². The molecule has 6 heteroatoms. The second-order valence-corrected chi connectivity index (χ2v) is 8.39. The number of ether oxygens (including phenoxy) is 2. The first-order chi connectivity index (χ1) is 15.1. The van der Waals surface area contributed by atoms with Crippen LogP contribution in [0, 0.1) is 0 Å². The Bertz CT molecular complexity index is 424. The minimum absolute atomic E-state index is 0.162. The molecule has 0 aromatic heterocycles. The summed E-state index contributed by atoms with van der Waals surface area (Å²) in [6, 6.07) is 0. The van der Waals surface area contributed by atoms with Gasteiger partial charge in [0.25, 0.3) is 0 Å². The number of nitrogens with zero attached hydrogens (tertiary/aromatic N) is 2. The normalized spacial score (nSPS) is 11.3. The van der Waals surface area contributed by atoms with Crippen LogP contribution in [0.1, 0.15) is 98.3 Å². The molecule has 0 N–H and O–H groups in total. The molecule has 0 unspecified atom stereocenters. The third-order valence-corrected chi connectivity index (χ3v) is 5.38. The van der Waals surface area contributed by atoms with Crippen molar-refractivity contribution >= 4 is 11.9 Å². The quantitative estimate of drug-likeness (QED) is 0.173. The second kappa shape index (κ2) is 22.1. The number of carbonyl (C=O) groups is 2. The third kappa shape index (κ3) is 19.3. The molecular weight excluding hydrogens is 392 g/mol. The summed E-state index contributed by atoms with van der Waals surface area (Å²) < 4.78 is 10.7. The van der Waals surface area contributed by atoms with Gasteiger partial charge in [-0.3, -0.25) is 19.4 Å². The topological polar surface area (TPSA) is 59.1 Å². The Kier molecular flexibility index (Phi) is 21.3. The lowest BCUT2D eigenvalue weighted by atomic mass is 10.2. The van der Waals surface area contributed by atoms with E-state index in [0.29, 0.717) is 38.9 Å². The van der Waals surface area contributed by atoms with Crippen LogP contribution < -0.4 is 0 Å². The molecule has 0 radical (unpaired) electrons. The van der Waals surface area contributed by atoms with E-state index in [0.717, 1.165) is 45.7 Å². The predicted octanol–water partition coefficient (Wildman–Crippen LogP) is 5.05. The Morgan fingerprint density at radius 3 is 1.26 bits per heavy atom. The van der Waals surface area contributed by atoms with Crippen molar-refractivity contribution in [3.05, 3.63) is 0 Å². The molecule has 0 bridgehead atoms. The van der Waals surface area contributed by atoms with Gasteiger partial charge in [0.05, 0.1) is 0 Å². The monoisotopic (exact) mass is 442 g/mol. The molecule has 0 aromatic carbocycles. The van der Waals surface area contributed by atoms with Crippen LogP contribution in [0.5, 0.6) is 0 Å². The zero-order valence-electron chi connectivity index (χ0n) is 21.0. The van der Waals surface area contributed by atoms with Crippen LogP contribution in [0.25, 0.3) is 0 Å². The lowest BCUT2D eigenvalue weighted by Crippen LogP contribution is -2.30. The minimum atomic E-state index is -0.164. The fourth-order valence-corrected chi connectivity index (χ4v) is 3.39. The largest absolute Gasteiger partial charge is 0.464 e. The smallest absolute Gasteiger partial charge is 0.305 e. The van der Waals surface area contributed by atoms with E-state index in [1.165, 1.54) is 38.5 Å². The molecule has 0 saturated heterocycles. The molecule has 0 aromatic rings. The van der Waals surface area contributed by atoms with Crippen LogP contribution in [-0.2, 0) is 19.1 Å². The van der Waals surface area contributed by atoms with Gasteiger partial charge in [-0.25, -0.2) is 0 Å². The number of rotatable bonds is 22. The molecule has 0 rings (SSSR count). The zero-order chi connectivity index (χ0) is 23.2. The maximum absolute atomic E-state index is 11.9. The molecule has 0 spiro atoms. The Labute approximate surface area is 192 Å². The van der Waals surface area contributed by atoms with E-state index in [1.54, 1.807) is 0 Å². The highest BCUT2D eigenvalue weighted by atomic mass is 16.5. The molecule has 0 fully saturated rings. The molecule has 0 aliphatic rings. The Morgan fingerprint density at radius 1 is 0.516 bits per heavy atom. The summed E-state index contributed by atoms with van der Waals surface area (Å²) in [5.74, 6) is -0.326. The van der Waals surface area contributed by atoms with Gasteiger partial charge in [0.2, 0.25) is 0 Å². The molecule has 0 atom stereocenters. The van der Waals surface area contributed by atoms with Crippen molar-refractivity contribution < 1.29 is 19.1 Å². The zero-order valence-corrected chi connectivity index (χ0v) is 21.0. The van der Waals surface area contributed by atoms with Crippen molar-refractivity contribution in [3.63, 3.8) is 0 Å². The maximum Gasteiger partial charge on any atom is 0.305 e. The summed E-state index contributed by atoms with van der Waals surface area (Å²) in [6.45, 7) is 15.6. The van der Waals surface area contributed by atoms with Crippen molar-refractivity contribution in [2.24, 2.45) is 0 Å². The molecule has 0 heterocycles. The molecular formula is C25H50N2O4. The van der Waals surface area contributed by atoms with Crippen molar-refractivity contribution in [1.29, 1.82) is 0 Å². The summed E-state index contributed by atoms with van der Waals surface area (Å²) in [7, 11) is 0. The minimum Gasteiger partial charge on any atom is -0.464 e. The second-order valence-electron chi connectivity index (χ2n) is 8.39.